The number of aliphatic hydroxyl groups excluding tert-OH is 1. The fourth-order valence-electron chi connectivity index (χ4n) is 1.79. The van der Waals surface area contributed by atoms with E-state index in [1.165, 1.54) is 12.1 Å². The molecule has 0 aliphatic carbocycles. The molecule has 0 radical (unpaired) electrons. The average molecular weight is 375 g/mol. The van der Waals surface area contributed by atoms with Gasteiger partial charge in [0, 0.05) is 13.3 Å². The molecule has 0 aliphatic heterocycles. The summed E-state index contributed by atoms with van der Waals surface area (Å²) in [6, 6.07) is 6.19. The Hall–Kier alpha value is -1.38. The Morgan fingerprint density at radius 1 is 1.33 bits per heavy atom. The molecular formula is C13H15BrN2O4S. The fraction of sp³-hybridized carbons (Fsp3) is 0.308. The zero-order valence-electron chi connectivity index (χ0n) is 11.6. The van der Waals surface area contributed by atoms with Crippen LogP contribution in [0.15, 0.2) is 33.6 Å². The molecule has 2 rings (SSSR count). The molecule has 0 unspecified atom stereocenters. The molecule has 1 aromatic heterocycles. The zero-order chi connectivity index (χ0) is 15.6. The summed E-state index contributed by atoms with van der Waals surface area (Å²) in [5, 5.41) is 13.5. The molecule has 1 N–H and O–H groups in total. The minimum absolute atomic E-state index is 0.118. The number of aryl methyl sites for hydroxylation is 1. The molecule has 2 aromatic rings. The van der Waals surface area contributed by atoms with Crippen LogP contribution in [0, 0.1) is 0 Å². The number of rotatable bonds is 5. The molecule has 0 aliphatic rings. The summed E-state index contributed by atoms with van der Waals surface area (Å²) in [7, 11) is -1.47. The van der Waals surface area contributed by atoms with Crippen molar-refractivity contribution in [1.29, 1.82) is 0 Å². The van der Waals surface area contributed by atoms with Crippen molar-refractivity contribution in [3.63, 3.8) is 0 Å². The third kappa shape index (κ3) is 3.63. The van der Waals surface area contributed by atoms with E-state index in [9.17, 15) is 13.5 Å². The van der Waals surface area contributed by atoms with Gasteiger partial charge in [0.05, 0.1) is 21.7 Å². The van der Waals surface area contributed by atoms with Crippen LogP contribution in [0.25, 0.3) is 0 Å². The van der Waals surface area contributed by atoms with Gasteiger partial charge in [-0.05, 0) is 40.2 Å². The summed E-state index contributed by atoms with van der Waals surface area (Å²) < 4.78 is 30.6. The van der Waals surface area contributed by atoms with Gasteiger partial charge >= 0.3 is 0 Å². The first-order chi connectivity index (χ1) is 9.82. The van der Waals surface area contributed by atoms with Gasteiger partial charge in [-0.1, -0.05) is 0 Å². The van der Waals surface area contributed by atoms with Gasteiger partial charge in [-0.15, -0.1) is 0 Å². The quantitative estimate of drug-likeness (QED) is 0.860. The van der Waals surface area contributed by atoms with E-state index in [0.717, 1.165) is 6.26 Å². The number of hydrogen-bond donors (Lipinski definition) is 1. The van der Waals surface area contributed by atoms with Crippen LogP contribution in [-0.4, -0.2) is 29.6 Å². The van der Waals surface area contributed by atoms with Crippen molar-refractivity contribution in [3.05, 3.63) is 40.1 Å². The Kier molecular flexibility index (Phi) is 4.70. The average Bonchev–Trinajstić information content (AvgIpc) is 2.70. The van der Waals surface area contributed by atoms with Crippen LogP contribution in [0.4, 0.5) is 0 Å². The summed E-state index contributed by atoms with van der Waals surface area (Å²) in [6.07, 6.45) is 1.16. The minimum atomic E-state index is -3.21. The lowest BCUT2D eigenvalue weighted by molar-refractivity contribution is 0.270. The standard InChI is InChI=1S/C13H15BrN2O4S/c1-16-12(7-17)13(14)11(15-16)8-20-9-3-5-10(6-4-9)21(2,18)19/h3-6,17H,7-8H2,1-2H3. The number of halogens is 1. The third-order valence-electron chi connectivity index (χ3n) is 2.95. The second-order valence-electron chi connectivity index (χ2n) is 4.52. The third-order valence-corrected chi connectivity index (χ3v) is 4.99. The predicted molar refractivity (Wildman–Crippen MR) is 80.7 cm³/mol. The molecular weight excluding hydrogens is 360 g/mol. The lowest BCUT2D eigenvalue weighted by Gasteiger charge is -2.05. The fourth-order valence-corrected chi connectivity index (χ4v) is 3.00. The van der Waals surface area contributed by atoms with Gasteiger partial charge in [-0.2, -0.15) is 5.10 Å². The van der Waals surface area contributed by atoms with Crippen molar-refractivity contribution in [2.75, 3.05) is 6.26 Å². The molecule has 1 aromatic carbocycles. The van der Waals surface area contributed by atoms with Gasteiger partial charge in [-0.25, -0.2) is 8.42 Å². The van der Waals surface area contributed by atoms with E-state index in [1.807, 2.05) is 0 Å². The number of ether oxygens (including phenoxy) is 1. The Morgan fingerprint density at radius 3 is 2.43 bits per heavy atom. The van der Waals surface area contributed by atoms with Crippen LogP contribution in [-0.2, 0) is 30.1 Å². The van der Waals surface area contributed by atoms with Crippen molar-refractivity contribution >= 4 is 25.8 Å². The largest absolute Gasteiger partial charge is 0.487 e. The number of nitrogens with zero attached hydrogens (tertiary/aromatic N) is 2. The van der Waals surface area contributed by atoms with Gasteiger partial charge < -0.3 is 9.84 Å². The first-order valence-electron chi connectivity index (χ1n) is 6.07. The molecule has 1 heterocycles. The molecule has 0 bridgehead atoms. The van der Waals surface area contributed by atoms with E-state index in [1.54, 1.807) is 23.9 Å². The molecule has 0 saturated heterocycles. The maximum absolute atomic E-state index is 11.4. The van der Waals surface area contributed by atoms with E-state index >= 15 is 0 Å². The molecule has 114 valence electrons. The Morgan fingerprint density at radius 2 is 1.95 bits per heavy atom. The molecule has 0 fully saturated rings. The maximum atomic E-state index is 11.4. The number of hydrogen-bond acceptors (Lipinski definition) is 5. The first-order valence-corrected chi connectivity index (χ1v) is 8.75. The van der Waals surface area contributed by atoms with E-state index in [0.29, 0.717) is 21.6 Å². The topological polar surface area (TPSA) is 81.4 Å². The number of benzene rings is 1. The summed E-state index contributed by atoms with van der Waals surface area (Å²) in [5.74, 6) is 0.547. The Balaban J connectivity index is 2.10. The Bertz CT molecular complexity index is 738. The second kappa shape index (κ2) is 6.17. The maximum Gasteiger partial charge on any atom is 0.175 e. The highest BCUT2D eigenvalue weighted by molar-refractivity contribution is 9.10. The van der Waals surface area contributed by atoms with E-state index in [-0.39, 0.29) is 18.1 Å². The van der Waals surface area contributed by atoms with Crippen LogP contribution in [0.2, 0.25) is 0 Å². The summed E-state index contributed by atoms with van der Waals surface area (Å²) >= 11 is 3.37. The van der Waals surface area contributed by atoms with Crippen molar-refractivity contribution < 1.29 is 18.3 Å². The van der Waals surface area contributed by atoms with E-state index in [4.69, 9.17) is 4.74 Å². The molecule has 0 atom stereocenters. The van der Waals surface area contributed by atoms with Crippen LogP contribution in [0.1, 0.15) is 11.4 Å². The van der Waals surface area contributed by atoms with Crippen LogP contribution in [0.3, 0.4) is 0 Å². The number of aromatic nitrogens is 2. The zero-order valence-corrected chi connectivity index (χ0v) is 14.0. The highest BCUT2D eigenvalue weighted by Crippen LogP contribution is 2.23. The highest BCUT2D eigenvalue weighted by atomic mass is 79.9. The molecule has 8 heteroatoms. The second-order valence-corrected chi connectivity index (χ2v) is 7.33. The number of sulfone groups is 1. The summed E-state index contributed by atoms with van der Waals surface area (Å²) in [4.78, 5) is 0.247. The van der Waals surface area contributed by atoms with Crippen molar-refractivity contribution in [2.24, 2.45) is 7.05 Å². The van der Waals surface area contributed by atoms with Crippen molar-refractivity contribution in [2.45, 2.75) is 18.1 Å². The molecule has 21 heavy (non-hydrogen) atoms. The van der Waals surface area contributed by atoms with Crippen molar-refractivity contribution in [1.82, 2.24) is 9.78 Å². The predicted octanol–water partition coefficient (Wildman–Crippen LogP) is 1.66. The molecule has 6 nitrogen and oxygen atoms in total. The van der Waals surface area contributed by atoms with E-state index in [2.05, 4.69) is 21.0 Å². The minimum Gasteiger partial charge on any atom is -0.487 e. The smallest absolute Gasteiger partial charge is 0.175 e. The first kappa shape index (κ1) is 16.0. The van der Waals surface area contributed by atoms with Gasteiger partial charge in [0.25, 0.3) is 0 Å². The number of aliphatic hydroxyl groups is 1. The Labute approximate surface area is 131 Å². The lowest BCUT2D eigenvalue weighted by atomic mass is 10.3. The van der Waals surface area contributed by atoms with Crippen LogP contribution in [0.5, 0.6) is 5.75 Å². The molecule has 0 spiro atoms. The van der Waals surface area contributed by atoms with Gasteiger partial charge in [0.15, 0.2) is 9.84 Å². The van der Waals surface area contributed by atoms with Gasteiger partial charge in [0.2, 0.25) is 0 Å². The van der Waals surface area contributed by atoms with Crippen LogP contribution < -0.4 is 4.74 Å². The summed E-state index contributed by atoms with van der Waals surface area (Å²) in [6.45, 7) is 0.0970. The lowest BCUT2D eigenvalue weighted by Crippen LogP contribution is -2.00. The molecule has 0 saturated carbocycles. The summed E-state index contributed by atoms with van der Waals surface area (Å²) in [5.41, 5.74) is 1.33. The van der Waals surface area contributed by atoms with Gasteiger partial charge in [-0.3, -0.25) is 4.68 Å². The SMILES string of the molecule is Cn1nc(COc2ccc(S(C)(=O)=O)cc2)c(Br)c1CO. The molecule has 0 amide bonds. The van der Waals surface area contributed by atoms with Crippen molar-refractivity contribution in [3.8, 4) is 5.75 Å². The highest BCUT2D eigenvalue weighted by Gasteiger charge is 2.13. The monoisotopic (exact) mass is 374 g/mol. The van der Waals surface area contributed by atoms with Gasteiger partial charge in [0.1, 0.15) is 18.1 Å². The normalized spacial score (nSPS) is 11.6. The van der Waals surface area contributed by atoms with E-state index < -0.39 is 9.84 Å². The van der Waals surface area contributed by atoms with Crippen LogP contribution >= 0.6 is 15.9 Å².